The van der Waals surface area contributed by atoms with E-state index in [4.69, 9.17) is 16.3 Å². The predicted molar refractivity (Wildman–Crippen MR) is 79.6 cm³/mol. The molecule has 1 atom stereocenters. The molecule has 0 aliphatic rings. The van der Waals surface area contributed by atoms with E-state index in [2.05, 4.69) is 15.4 Å². The van der Waals surface area contributed by atoms with Crippen LogP contribution in [0.5, 0.6) is 5.75 Å². The lowest BCUT2D eigenvalue weighted by Gasteiger charge is -2.14. The van der Waals surface area contributed by atoms with Crippen LogP contribution in [0, 0.1) is 6.92 Å². The lowest BCUT2D eigenvalue weighted by atomic mass is 10.3. The molecule has 1 amide bonds. The van der Waals surface area contributed by atoms with Gasteiger partial charge in [-0.15, -0.1) is 0 Å². The van der Waals surface area contributed by atoms with Crippen LogP contribution in [0.15, 0.2) is 24.5 Å². The van der Waals surface area contributed by atoms with E-state index in [1.807, 2.05) is 13.0 Å². The molecule has 0 aliphatic heterocycles. The normalized spacial score (nSPS) is 12.0. The van der Waals surface area contributed by atoms with Gasteiger partial charge in [0.1, 0.15) is 11.9 Å². The zero-order chi connectivity index (χ0) is 15.4. The van der Waals surface area contributed by atoms with Crippen LogP contribution in [0.4, 0.5) is 0 Å². The number of aryl methyl sites for hydroxylation is 1. The van der Waals surface area contributed by atoms with E-state index in [1.165, 1.54) is 0 Å². The van der Waals surface area contributed by atoms with E-state index >= 15 is 0 Å². The minimum Gasteiger partial charge on any atom is -0.487 e. The SMILES string of the molecule is Cc1c(Cl)c(C(=O)NC[C@@H](C)Oc2cccnc2)nn1C. The first-order chi connectivity index (χ1) is 9.99. The van der Waals surface area contributed by atoms with Gasteiger partial charge >= 0.3 is 0 Å². The fourth-order valence-electron chi connectivity index (χ4n) is 1.74. The molecule has 0 saturated carbocycles. The average molecular weight is 309 g/mol. The molecule has 1 N–H and O–H groups in total. The molecule has 6 nitrogen and oxygen atoms in total. The van der Waals surface area contributed by atoms with Gasteiger partial charge in [0.25, 0.3) is 5.91 Å². The Kier molecular flexibility index (Phi) is 4.80. The summed E-state index contributed by atoms with van der Waals surface area (Å²) in [6.45, 7) is 4.01. The van der Waals surface area contributed by atoms with Gasteiger partial charge in [0.15, 0.2) is 5.69 Å². The number of hydrogen-bond acceptors (Lipinski definition) is 4. The van der Waals surface area contributed by atoms with E-state index in [0.717, 1.165) is 5.69 Å². The number of halogens is 1. The third-order valence-corrected chi connectivity index (χ3v) is 3.45. The summed E-state index contributed by atoms with van der Waals surface area (Å²) in [4.78, 5) is 16.0. The fraction of sp³-hybridized carbons (Fsp3) is 0.357. The quantitative estimate of drug-likeness (QED) is 0.917. The molecular weight excluding hydrogens is 292 g/mol. The Morgan fingerprint density at radius 3 is 2.90 bits per heavy atom. The molecule has 0 bridgehead atoms. The van der Waals surface area contributed by atoms with Crippen molar-refractivity contribution in [2.75, 3.05) is 6.54 Å². The number of carbonyl (C=O) groups excluding carboxylic acids is 1. The van der Waals surface area contributed by atoms with Crippen molar-refractivity contribution in [3.63, 3.8) is 0 Å². The monoisotopic (exact) mass is 308 g/mol. The molecular formula is C14H17ClN4O2. The third-order valence-electron chi connectivity index (χ3n) is 3.00. The number of amides is 1. The number of nitrogens with zero attached hydrogens (tertiary/aromatic N) is 3. The second-order valence-electron chi connectivity index (χ2n) is 4.70. The van der Waals surface area contributed by atoms with E-state index in [0.29, 0.717) is 17.3 Å². The summed E-state index contributed by atoms with van der Waals surface area (Å²) in [7, 11) is 1.74. The molecule has 0 unspecified atom stereocenters. The molecule has 7 heteroatoms. The van der Waals surface area contributed by atoms with Crippen molar-refractivity contribution in [1.29, 1.82) is 0 Å². The van der Waals surface area contributed by atoms with Crippen molar-refractivity contribution in [2.24, 2.45) is 7.05 Å². The summed E-state index contributed by atoms with van der Waals surface area (Å²) in [6, 6.07) is 3.60. The number of ether oxygens (including phenoxy) is 1. The number of nitrogens with one attached hydrogen (secondary N) is 1. The molecule has 0 fully saturated rings. The van der Waals surface area contributed by atoms with Crippen molar-refractivity contribution >= 4 is 17.5 Å². The van der Waals surface area contributed by atoms with E-state index in [-0.39, 0.29) is 17.7 Å². The topological polar surface area (TPSA) is 69.0 Å². The van der Waals surface area contributed by atoms with Crippen LogP contribution in [0.25, 0.3) is 0 Å². The summed E-state index contributed by atoms with van der Waals surface area (Å²) < 4.78 is 7.20. The van der Waals surface area contributed by atoms with Crippen LogP contribution in [0.1, 0.15) is 23.1 Å². The van der Waals surface area contributed by atoms with Gasteiger partial charge in [0.2, 0.25) is 0 Å². The van der Waals surface area contributed by atoms with E-state index in [9.17, 15) is 4.79 Å². The number of aromatic nitrogens is 3. The Morgan fingerprint density at radius 1 is 1.57 bits per heavy atom. The van der Waals surface area contributed by atoms with Gasteiger partial charge in [-0.05, 0) is 26.0 Å². The molecule has 2 rings (SSSR count). The van der Waals surface area contributed by atoms with Crippen LogP contribution in [-0.4, -0.2) is 33.3 Å². The van der Waals surface area contributed by atoms with Crippen molar-refractivity contribution in [1.82, 2.24) is 20.1 Å². The van der Waals surface area contributed by atoms with Gasteiger partial charge < -0.3 is 10.1 Å². The van der Waals surface area contributed by atoms with Crippen LogP contribution < -0.4 is 10.1 Å². The lowest BCUT2D eigenvalue weighted by Crippen LogP contribution is -2.34. The highest BCUT2D eigenvalue weighted by molar-refractivity contribution is 6.34. The maximum absolute atomic E-state index is 12.0. The highest BCUT2D eigenvalue weighted by Gasteiger charge is 2.18. The zero-order valence-electron chi connectivity index (χ0n) is 12.1. The maximum Gasteiger partial charge on any atom is 0.273 e. The maximum atomic E-state index is 12.0. The second-order valence-corrected chi connectivity index (χ2v) is 5.08. The largest absolute Gasteiger partial charge is 0.487 e. The molecule has 0 radical (unpaired) electrons. The average Bonchev–Trinajstić information content (AvgIpc) is 2.73. The molecule has 0 aliphatic carbocycles. The number of pyridine rings is 1. The van der Waals surface area contributed by atoms with Gasteiger partial charge in [-0.1, -0.05) is 11.6 Å². The Bertz CT molecular complexity index is 627. The highest BCUT2D eigenvalue weighted by atomic mass is 35.5. The first kappa shape index (κ1) is 15.3. The molecule has 2 aromatic heterocycles. The summed E-state index contributed by atoms with van der Waals surface area (Å²) in [5.41, 5.74) is 0.978. The Hall–Kier alpha value is -2.08. The second kappa shape index (κ2) is 6.58. The van der Waals surface area contributed by atoms with E-state index < -0.39 is 0 Å². The summed E-state index contributed by atoms with van der Waals surface area (Å²) >= 11 is 6.07. The molecule has 2 heterocycles. The number of rotatable bonds is 5. The van der Waals surface area contributed by atoms with Crippen LogP contribution in [0.3, 0.4) is 0 Å². The summed E-state index contributed by atoms with van der Waals surface area (Å²) in [6.07, 6.45) is 3.10. The standard InChI is InChI=1S/C14H17ClN4O2/c1-9(21-11-5-4-6-16-8-11)7-17-14(20)13-12(15)10(2)19(3)18-13/h4-6,8-9H,7H2,1-3H3,(H,17,20)/t9-/m1/s1. The third kappa shape index (κ3) is 3.72. The number of hydrogen-bond donors (Lipinski definition) is 1. The first-order valence-corrected chi connectivity index (χ1v) is 6.90. The van der Waals surface area contributed by atoms with Crippen LogP contribution in [0.2, 0.25) is 5.02 Å². The Balaban J connectivity index is 1.90. The van der Waals surface area contributed by atoms with Gasteiger partial charge in [-0.3, -0.25) is 14.5 Å². The molecule has 0 aromatic carbocycles. The minimum atomic E-state index is -0.315. The van der Waals surface area contributed by atoms with Gasteiger partial charge in [0, 0.05) is 13.2 Å². The Labute approximate surface area is 128 Å². The molecule has 0 spiro atoms. The van der Waals surface area contributed by atoms with Crippen molar-refractivity contribution in [3.8, 4) is 5.75 Å². The van der Waals surface area contributed by atoms with Gasteiger partial charge in [-0.2, -0.15) is 5.10 Å². The Morgan fingerprint density at radius 2 is 2.33 bits per heavy atom. The minimum absolute atomic E-state index is 0.193. The predicted octanol–water partition coefficient (Wildman–Crippen LogP) is 1.97. The highest BCUT2D eigenvalue weighted by Crippen LogP contribution is 2.18. The zero-order valence-corrected chi connectivity index (χ0v) is 12.9. The molecule has 21 heavy (non-hydrogen) atoms. The van der Waals surface area contributed by atoms with Gasteiger partial charge in [-0.25, -0.2) is 0 Å². The van der Waals surface area contributed by atoms with E-state index in [1.54, 1.807) is 37.1 Å². The van der Waals surface area contributed by atoms with Crippen LogP contribution in [-0.2, 0) is 7.05 Å². The van der Waals surface area contributed by atoms with Crippen LogP contribution >= 0.6 is 11.6 Å². The fourth-order valence-corrected chi connectivity index (χ4v) is 1.98. The smallest absolute Gasteiger partial charge is 0.273 e. The first-order valence-electron chi connectivity index (χ1n) is 6.53. The van der Waals surface area contributed by atoms with Crippen molar-refractivity contribution in [2.45, 2.75) is 20.0 Å². The van der Waals surface area contributed by atoms with Gasteiger partial charge in [0.05, 0.1) is 23.5 Å². The van der Waals surface area contributed by atoms with Crippen molar-refractivity contribution in [3.05, 3.63) is 40.9 Å². The summed E-state index contributed by atoms with van der Waals surface area (Å²) in [5, 5.41) is 7.22. The molecule has 2 aromatic rings. The molecule has 0 saturated heterocycles. The lowest BCUT2D eigenvalue weighted by molar-refractivity contribution is 0.0926. The summed E-state index contributed by atoms with van der Waals surface area (Å²) in [5.74, 6) is 0.344. The number of carbonyl (C=O) groups is 1. The van der Waals surface area contributed by atoms with Crippen molar-refractivity contribution < 1.29 is 9.53 Å². The molecule has 112 valence electrons.